The molecular weight excluding hydrogens is 320 g/mol. The number of amides is 4. The molecule has 25 heavy (non-hydrogen) atoms. The van der Waals surface area contributed by atoms with Crippen LogP contribution < -0.4 is 10.6 Å². The molecule has 0 atom stereocenters. The third-order valence-electron chi connectivity index (χ3n) is 5.35. The number of aromatic nitrogens is 1. The zero-order valence-electron chi connectivity index (χ0n) is 14.7. The molecule has 2 fully saturated rings. The minimum Gasteiger partial charge on any atom is -0.323 e. The van der Waals surface area contributed by atoms with Gasteiger partial charge in [-0.25, -0.2) is 9.78 Å². The van der Waals surface area contributed by atoms with Gasteiger partial charge in [0.1, 0.15) is 17.9 Å². The first-order valence-corrected chi connectivity index (χ1v) is 8.81. The van der Waals surface area contributed by atoms with Crippen LogP contribution in [0, 0.1) is 12.8 Å². The van der Waals surface area contributed by atoms with Crippen LogP contribution in [-0.4, -0.2) is 39.8 Å². The molecule has 1 aliphatic carbocycles. The van der Waals surface area contributed by atoms with Crippen LogP contribution in [0.3, 0.4) is 0 Å². The molecular formula is C18H24N4O3. The molecule has 134 valence electrons. The van der Waals surface area contributed by atoms with Crippen LogP contribution in [0.25, 0.3) is 0 Å². The lowest BCUT2D eigenvalue weighted by Gasteiger charge is -2.34. The minimum atomic E-state index is -0.816. The van der Waals surface area contributed by atoms with Gasteiger partial charge in [-0.2, -0.15) is 0 Å². The molecule has 2 aliphatic rings. The maximum Gasteiger partial charge on any atom is 0.325 e. The van der Waals surface area contributed by atoms with Crippen LogP contribution in [0.2, 0.25) is 0 Å². The van der Waals surface area contributed by atoms with Crippen molar-refractivity contribution in [3.05, 3.63) is 23.9 Å². The van der Waals surface area contributed by atoms with Gasteiger partial charge in [-0.05, 0) is 50.2 Å². The first-order chi connectivity index (χ1) is 11.9. The highest BCUT2D eigenvalue weighted by molar-refractivity contribution is 6.10. The Bertz CT molecular complexity index is 695. The van der Waals surface area contributed by atoms with Crippen molar-refractivity contribution in [2.24, 2.45) is 5.92 Å². The Morgan fingerprint density at radius 1 is 1.40 bits per heavy atom. The van der Waals surface area contributed by atoms with E-state index in [0.717, 1.165) is 29.7 Å². The fourth-order valence-electron chi connectivity index (χ4n) is 3.67. The zero-order chi connectivity index (χ0) is 18.0. The molecule has 0 aromatic carbocycles. The van der Waals surface area contributed by atoms with Gasteiger partial charge in [0.15, 0.2) is 0 Å². The number of urea groups is 1. The van der Waals surface area contributed by atoms with Gasteiger partial charge in [0.2, 0.25) is 5.91 Å². The topological polar surface area (TPSA) is 91.4 Å². The molecule has 0 bridgehead atoms. The summed E-state index contributed by atoms with van der Waals surface area (Å²) in [6, 6.07) is 3.13. The summed E-state index contributed by atoms with van der Waals surface area (Å²) >= 11 is 0. The molecule has 4 amide bonds. The number of imide groups is 1. The Kier molecular flexibility index (Phi) is 4.74. The standard InChI is InChI=1S/C18H24N4O3/c1-3-13-6-8-18(9-7-13)16(24)22(17(25)21-18)11-14(23)20-15-12(2)5-4-10-19-15/h4-5,10,13H,3,6-9,11H2,1-2H3,(H,21,25)(H,19,20,23). The third-order valence-corrected chi connectivity index (χ3v) is 5.35. The number of hydrogen-bond acceptors (Lipinski definition) is 4. The summed E-state index contributed by atoms with van der Waals surface area (Å²) in [4.78, 5) is 42.4. The van der Waals surface area contributed by atoms with E-state index >= 15 is 0 Å². The van der Waals surface area contributed by atoms with Crippen molar-refractivity contribution in [1.29, 1.82) is 0 Å². The number of pyridine rings is 1. The molecule has 0 unspecified atom stereocenters. The monoisotopic (exact) mass is 344 g/mol. The molecule has 3 rings (SSSR count). The molecule has 1 aromatic rings. The molecule has 1 spiro atoms. The Balaban J connectivity index is 1.65. The number of hydrogen-bond donors (Lipinski definition) is 2. The van der Waals surface area contributed by atoms with Crippen LogP contribution in [0.5, 0.6) is 0 Å². The summed E-state index contributed by atoms with van der Waals surface area (Å²) in [5.74, 6) is 0.349. The van der Waals surface area contributed by atoms with E-state index in [1.54, 1.807) is 12.3 Å². The SMILES string of the molecule is CCC1CCC2(CC1)NC(=O)N(CC(=O)Nc1ncccc1C)C2=O. The zero-order valence-corrected chi connectivity index (χ0v) is 14.7. The highest BCUT2D eigenvalue weighted by Gasteiger charge is 2.52. The van der Waals surface area contributed by atoms with E-state index in [2.05, 4.69) is 22.5 Å². The minimum absolute atomic E-state index is 0.278. The van der Waals surface area contributed by atoms with E-state index in [0.29, 0.717) is 24.6 Å². The van der Waals surface area contributed by atoms with Gasteiger partial charge < -0.3 is 10.6 Å². The van der Waals surface area contributed by atoms with E-state index in [1.165, 1.54) is 0 Å². The molecule has 1 aromatic heterocycles. The van der Waals surface area contributed by atoms with Crippen LogP contribution in [-0.2, 0) is 9.59 Å². The van der Waals surface area contributed by atoms with Crippen LogP contribution in [0.4, 0.5) is 10.6 Å². The first-order valence-electron chi connectivity index (χ1n) is 8.81. The second-order valence-corrected chi connectivity index (χ2v) is 6.97. The summed E-state index contributed by atoms with van der Waals surface area (Å²) in [6.07, 6.45) is 5.82. The van der Waals surface area contributed by atoms with Gasteiger partial charge >= 0.3 is 6.03 Å². The lowest BCUT2D eigenvalue weighted by Crippen LogP contribution is -2.49. The van der Waals surface area contributed by atoms with E-state index in [9.17, 15) is 14.4 Å². The summed E-state index contributed by atoms with van der Waals surface area (Å²) in [5.41, 5.74) is 0.00615. The number of nitrogens with zero attached hydrogens (tertiary/aromatic N) is 2. The van der Waals surface area contributed by atoms with E-state index < -0.39 is 17.5 Å². The molecule has 7 nitrogen and oxygen atoms in total. The number of carbonyl (C=O) groups excluding carboxylic acids is 3. The van der Waals surface area contributed by atoms with Crippen molar-refractivity contribution in [2.45, 2.75) is 51.5 Å². The van der Waals surface area contributed by atoms with E-state index in [1.807, 2.05) is 13.0 Å². The average molecular weight is 344 g/mol. The maximum absolute atomic E-state index is 12.8. The lowest BCUT2D eigenvalue weighted by atomic mass is 9.75. The molecule has 1 saturated carbocycles. The number of nitrogens with one attached hydrogen (secondary N) is 2. The average Bonchev–Trinajstić information content (AvgIpc) is 2.82. The first kappa shape index (κ1) is 17.4. The number of rotatable bonds is 4. The van der Waals surface area contributed by atoms with E-state index in [-0.39, 0.29) is 12.5 Å². The lowest BCUT2D eigenvalue weighted by molar-refractivity contribution is -0.135. The van der Waals surface area contributed by atoms with Gasteiger partial charge in [-0.1, -0.05) is 19.4 Å². The van der Waals surface area contributed by atoms with Crippen molar-refractivity contribution >= 4 is 23.7 Å². The van der Waals surface area contributed by atoms with Crippen molar-refractivity contribution < 1.29 is 14.4 Å². The van der Waals surface area contributed by atoms with Crippen LogP contribution >= 0.6 is 0 Å². The summed E-state index contributed by atoms with van der Waals surface area (Å²) in [7, 11) is 0. The van der Waals surface area contributed by atoms with Crippen molar-refractivity contribution in [3.8, 4) is 0 Å². The van der Waals surface area contributed by atoms with E-state index in [4.69, 9.17) is 0 Å². The summed E-state index contributed by atoms with van der Waals surface area (Å²) < 4.78 is 0. The van der Waals surface area contributed by atoms with Crippen LogP contribution in [0.15, 0.2) is 18.3 Å². The van der Waals surface area contributed by atoms with Crippen molar-refractivity contribution in [3.63, 3.8) is 0 Å². The molecule has 7 heteroatoms. The highest BCUT2D eigenvalue weighted by atomic mass is 16.2. The summed E-state index contributed by atoms with van der Waals surface area (Å²) in [5, 5.41) is 5.50. The third kappa shape index (κ3) is 3.36. The highest BCUT2D eigenvalue weighted by Crippen LogP contribution is 2.37. The Hall–Kier alpha value is -2.44. The van der Waals surface area contributed by atoms with Crippen molar-refractivity contribution in [2.75, 3.05) is 11.9 Å². The second-order valence-electron chi connectivity index (χ2n) is 6.97. The fraction of sp³-hybridized carbons (Fsp3) is 0.556. The second kappa shape index (κ2) is 6.82. The van der Waals surface area contributed by atoms with Crippen LogP contribution in [0.1, 0.15) is 44.6 Å². The van der Waals surface area contributed by atoms with Gasteiger partial charge in [0.05, 0.1) is 0 Å². The predicted molar refractivity (Wildman–Crippen MR) is 92.8 cm³/mol. The van der Waals surface area contributed by atoms with Gasteiger partial charge in [0.25, 0.3) is 5.91 Å². The quantitative estimate of drug-likeness (QED) is 0.819. The normalized spacial score (nSPS) is 26.0. The molecule has 2 heterocycles. The molecule has 1 saturated heterocycles. The van der Waals surface area contributed by atoms with Gasteiger partial charge in [0, 0.05) is 6.20 Å². The number of anilines is 1. The number of aryl methyl sites for hydroxylation is 1. The van der Waals surface area contributed by atoms with Gasteiger partial charge in [-0.15, -0.1) is 0 Å². The smallest absolute Gasteiger partial charge is 0.323 e. The molecule has 0 radical (unpaired) electrons. The van der Waals surface area contributed by atoms with Crippen molar-refractivity contribution in [1.82, 2.24) is 15.2 Å². The molecule has 1 aliphatic heterocycles. The fourth-order valence-corrected chi connectivity index (χ4v) is 3.67. The predicted octanol–water partition coefficient (Wildman–Crippen LogP) is 2.22. The Morgan fingerprint density at radius 3 is 2.76 bits per heavy atom. The Labute approximate surface area is 147 Å². The van der Waals surface area contributed by atoms with Gasteiger partial charge in [-0.3, -0.25) is 14.5 Å². The summed E-state index contributed by atoms with van der Waals surface area (Å²) in [6.45, 7) is 3.69. The largest absolute Gasteiger partial charge is 0.325 e. The maximum atomic E-state index is 12.8. The Morgan fingerprint density at radius 2 is 2.12 bits per heavy atom. The number of carbonyl (C=O) groups is 3. The molecule has 2 N–H and O–H groups in total.